The zero-order valence-corrected chi connectivity index (χ0v) is 9.49. The molecular weight excluding hydrogens is 236 g/mol. The number of hydrogen-bond acceptors (Lipinski definition) is 6. The van der Waals surface area contributed by atoms with Gasteiger partial charge in [0.1, 0.15) is 6.26 Å². The number of aromatic nitrogens is 1. The number of methoxy groups -OCH3 is 1. The van der Waals surface area contributed by atoms with Crippen molar-refractivity contribution in [3.05, 3.63) is 12.3 Å². The summed E-state index contributed by atoms with van der Waals surface area (Å²) >= 11 is 0. The summed E-state index contributed by atoms with van der Waals surface area (Å²) in [6.07, 6.45) is 1.52. The number of rotatable bonds is 6. The van der Waals surface area contributed by atoms with Crippen LogP contribution in [0.5, 0.6) is 0 Å². The van der Waals surface area contributed by atoms with Crippen molar-refractivity contribution < 1.29 is 22.5 Å². The molecule has 1 rings (SSSR count). The van der Waals surface area contributed by atoms with Crippen molar-refractivity contribution in [1.82, 2.24) is 5.16 Å². The van der Waals surface area contributed by atoms with Gasteiger partial charge < -0.3 is 9.26 Å². The number of nitrogens with one attached hydrogen (secondary N) is 1. The molecule has 0 atom stereocenters. The molecule has 0 aliphatic rings. The fourth-order valence-electron chi connectivity index (χ4n) is 0.984. The van der Waals surface area contributed by atoms with E-state index in [1.807, 2.05) is 0 Å². The van der Waals surface area contributed by atoms with Gasteiger partial charge in [-0.25, -0.2) is 8.42 Å². The maximum atomic E-state index is 11.4. The molecule has 8 heteroatoms. The summed E-state index contributed by atoms with van der Waals surface area (Å²) in [7, 11) is -2.23. The van der Waals surface area contributed by atoms with Crippen LogP contribution in [0.3, 0.4) is 0 Å². The number of sulfonamides is 1. The van der Waals surface area contributed by atoms with Crippen molar-refractivity contribution in [2.45, 2.75) is 12.8 Å². The summed E-state index contributed by atoms with van der Waals surface area (Å²) in [5, 5.41) is 3.40. The second-order valence-corrected chi connectivity index (χ2v) is 4.83. The second kappa shape index (κ2) is 5.50. The van der Waals surface area contributed by atoms with Crippen LogP contribution in [0.25, 0.3) is 0 Å². The van der Waals surface area contributed by atoms with Crippen LogP contribution < -0.4 is 4.72 Å². The van der Waals surface area contributed by atoms with Crippen LogP contribution in [0.15, 0.2) is 16.9 Å². The summed E-state index contributed by atoms with van der Waals surface area (Å²) in [6, 6.07) is 1.39. The van der Waals surface area contributed by atoms with Crippen molar-refractivity contribution in [3.8, 4) is 0 Å². The highest BCUT2D eigenvalue weighted by Gasteiger charge is 2.13. The Morgan fingerprint density at radius 1 is 1.62 bits per heavy atom. The van der Waals surface area contributed by atoms with E-state index >= 15 is 0 Å². The van der Waals surface area contributed by atoms with Crippen LogP contribution in [0.4, 0.5) is 5.82 Å². The largest absolute Gasteiger partial charge is 0.469 e. The van der Waals surface area contributed by atoms with Crippen molar-refractivity contribution in [3.63, 3.8) is 0 Å². The molecule has 1 heterocycles. The van der Waals surface area contributed by atoms with Crippen LogP contribution in [-0.4, -0.2) is 32.4 Å². The predicted molar refractivity (Wildman–Crippen MR) is 55.2 cm³/mol. The van der Waals surface area contributed by atoms with E-state index in [0.29, 0.717) is 0 Å². The van der Waals surface area contributed by atoms with Crippen molar-refractivity contribution in [2.75, 3.05) is 17.6 Å². The summed E-state index contributed by atoms with van der Waals surface area (Å²) in [5.41, 5.74) is 0. The first kappa shape index (κ1) is 12.5. The molecule has 0 spiro atoms. The van der Waals surface area contributed by atoms with E-state index in [-0.39, 0.29) is 24.4 Å². The Labute approximate surface area is 92.8 Å². The molecule has 0 radical (unpaired) electrons. The average molecular weight is 248 g/mol. The van der Waals surface area contributed by atoms with Crippen molar-refractivity contribution in [2.24, 2.45) is 0 Å². The number of carbonyl (C=O) groups is 1. The zero-order chi connectivity index (χ0) is 12.0. The summed E-state index contributed by atoms with van der Waals surface area (Å²) in [5.74, 6) is -0.482. The van der Waals surface area contributed by atoms with Gasteiger partial charge in [0.05, 0.1) is 12.9 Å². The lowest BCUT2D eigenvalue weighted by Crippen LogP contribution is -2.17. The molecule has 0 bridgehead atoms. The minimum atomic E-state index is -3.49. The third-order valence-electron chi connectivity index (χ3n) is 1.72. The number of ether oxygens (including phenoxy) is 1. The molecule has 90 valence electrons. The van der Waals surface area contributed by atoms with Crippen molar-refractivity contribution >= 4 is 21.8 Å². The molecule has 1 aromatic rings. The fourth-order valence-corrected chi connectivity index (χ4v) is 2.03. The lowest BCUT2D eigenvalue weighted by molar-refractivity contribution is -0.140. The number of nitrogens with zero attached hydrogens (tertiary/aromatic N) is 1. The van der Waals surface area contributed by atoms with E-state index in [1.54, 1.807) is 0 Å². The average Bonchev–Trinajstić information content (AvgIpc) is 2.69. The number of hydrogen-bond donors (Lipinski definition) is 1. The monoisotopic (exact) mass is 248 g/mol. The van der Waals surface area contributed by atoms with Gasteiger partial charge in [0.15, 0.2) is 5.82 Å². The smallest absolute Gasteiger partial charge is 0.305 e. The lowest BCUT2D eigenvalue weighted by Gasteiger charge is -2.03. The van der Waals surface area contributed by atoms with Gasteiger partial charge in [0.25, 0.3) is 0 Å². The molecule has 1 aromatic heterocycles. The van der Waals surface area contributed by atoms with Crippen LogP contribution in [0.1, 0.15) is 12.8 Å². The second-order valence-electron chi connectivity index (χ2n) is 2.99. The van der Waals surface area contributed by atoms with Crippen LogP contribution >= 0.6 is 0 Å². The molecule has 7 nitrogen and oxygen atoms in total. The molecular formula is C8H12N2O5S. The topological polar surface area (TPSA) is 98.5 Å². The molecule has 0 fully saturated rings. The van der Waals surface area contributed by atoms with E-state index in [1.165, 1.54) is 19.4 Å². The molecule has 0 saturated heterocycles. The van der Waals surface area contributed by atoms with Gasteiger partial charge >= 0.3 is 5.97 Å². The SMILES string of the molecule is COC(=O)CCCS(=O)(=O)Nc1ccon1. The standard InChI is InChI=1S/C8H12N2O5S/c1-14-8(11)3-2-6-16(12,13)10-7-4-5-15-9-7/h4-5H,2-3,6H2,1H3,(H,9,10). The quantitative estimate of drug-likeness (QED) is 0.730. The van der Waals surface area contributed by atoms with Crippen LogP contribution in [0.2, 0.25) is 0 Å². The van der Waals surface area contributed by atoms with Gasteiger partial charge in [-0.2, -0.15) is 0 Å². The molecule has 16 heavy (non-hydrogen) atoms. The Hall–Kier alpha value is -1.57. The first-order valence-corrected chi connectivity index (χ1v) is 6.16. The van der Waals surface area contributed by atoms with Gasteiger partial charge in [-0.3, -0.25) is 9.52 Å². The predicted octanol–water partition coefficient (Wildman–Crippen LogP) is 0.369. The first-order chi connectivity index (χ1) is 7.53. The zero-order valence-electron chi connectivity index (χ0n) is 8.67. The molecule has 0 aliphatic carbocycles. The Bertz CT molecular complexity index is 425. The van der Waals surface area contributed by atoms with Crippen molar-refractivity contribution in [1.29, 1.82) is 0 Å². The molecule has 0 unspecified atom stereocenters. The highest BCUT2D eigenvalue weighted by molar-refractivity contribution is 7.92. The molecule has 0 aliphatic heterocycles. The van der Waals surface area contributed by atoms with E-state index < -0.39 is 16.0 Å². The van der Waals surface area contributed by atoms with E-state index in [4.69, 9.17) is 0 Å². The third kappa shape index (κ3) is 4.30. The summed E-state index contributed by atoms with van der Waals surface area (Å²) in [4.78, 5) is 10.7. The van der Waals surface area contributed by atoms with Crippen LogP contribution in [-0.2, 0) is 19.6 Å². The molecule has 0 saturated carbocycles. The number of esters is 1. The summed E-state index contributed by atoms with van der Waals surface area (Å²) in [6.45, 7) is 0. The summed E-state index contributed by atoms with van der Waals surface area (Å²) < 4.78 is 33.9. The normalized spacial score (nSPS) is 11.1. The third-order valence-corrected chi connectivity index (χ3v) is 3.07. The Morgan fingerprint density at radius 3 is 2.94 bits per heavy atom. The minimum absolute atomic E-state index is 0.0657. The van der Waals surface area contributed by atoms with Gasteiger partial charge in [0.2, 0.25) is 10.0 Å². The number of carbonyl (C=O) groups excluding carboxylic acids is 1. The first-order valence-electron chi connectivity index (χ1n) is 4.51. The maximum absolute atomic E-state index is 11.4. The lowest BCUT2D eigenvalue weighted by atomic mass is 10.3. The van der Waals surface area contributed by atoms with Gasteiger partial charge in [-0.05, 0) is 6.42 Å². The van der Waals surface area contributed by atoms with Gasteiger partial charge in [-0.1, -0.05) is 5.16 Å². The Kier molecular flexibility index (Phi) is 4.29. The highest BCUT2D eigenvalue weighted by Crippen LogP contribution is 2.06. The highest BCUT2D eigenvalue weighted by atomic mass is 32.2. The Morgan fingerprint density at radius 2 is 2.38 bits per heavy atom. The molecule has 0 aromatic carbocycles. The van der Waals surface area contributed by atoms with Crippen LogP contribution in [0, 0.1) is 0 Å². The minimum Gasteiger partial charge on any atom is -0.469 e. The van der Waals surface area contributed by atoms with Gasteiger partial charge in [-0.15, -0.1) is 0 Å². The Balaban J connectivity index is 2.38. The van der Waals surface area contributed by atoms with E-state index in [0.717, 1.165) is 0 Å². The fraction of sp³-hybridized carbons (Fsp3) is 0.500. The molecule has 1 N–H and O–H groups in total. The molecule has 0 amide bonds. The van der Waals surface area contributed by atoms with E-state index in [2.05, 4.69) is 19.1 Å². The van der Waals surface area contributed by atoms with Gasteiger partial charge in [0, 0.05) is 12.5 Å². The van der Waals surface area contributed by atoms with E-state index in [9.17, 15) is 13.2 Å². The number of anilines is 1. The maximum Gasteiger partial charge on any atom is 0.305 e.